The van der Waals surface area contributed by atoms with Crippen LogP contribution < -0.4 is 10.2 Å². The first-order valence-electron chi connectivity index (χ1n) is 7.38. The number of nitrogens with one attached hydrogen (secondary N) is 1. The van der Waals surface area contributed by atoms with Crippen LogP contribution in [0.4, 0.5) is 5.82 Å². The molecule has 20 heavy (non-hydrogen) atoms. The lowest BCUT2D eigenvalue weighted by atomic mass is 9.99. The molecular weight excluding hydrogens is 254 g/mol. The van der Waals surface area contributed by atoms with E-state index in [0.29, 0.717) is 18.6 Å². The van der Waals surface area contributed by atoms with Crippen molar-refractivity contribution in [3.05, 3.63) is 22.9 Å². The number of hydrogen-bond donors (Lipinski definition) is 2. The summed E-state index contributed by atoms with van der Waals surface area (Å²) in [5.74, 6) is 0.999. The molecule has 2 atom stereocenters. The highest BCUT2D eigenvalue weighted by atomic mass is 16.3. The Hall–Kier alpha value is -1.62. The van der Waals surface area contributed by atoms with Crippen LogP contribution in [0.3, 0.4) is 0 Å². The largest absolute Gasteiger partial charge is 0.393 e. The summed E-state index contributed by atoms with van der Waals surface area (Å²) in [6, 6.07) is 2.76. The van der Waals surface area contributed by atoms with Crippen LogP contribution in [0, 0.1) is 6.92 Å². The van der Waals surface area contributed by atoms with Gasteiger partial charge in [0.2, 0.25) is 0 Å². The zero-order chi connectivity index (χ0) is 13.9. The minimum atomic E-state index is -0.165. The predicted octanol–water partition coefficient (Wildman–Crippen LogP) is 1.13. The molecule has 0 aliphatic carbocycles. The highest BCUT2D eigenvalue weighted by molar-refractivity contribution is 5.98. The Morgan fingerprint density at radius 1 is 1.35 bits per heavy atom. The van der Waals surface area contributed by atoms with Crippen LogP contribution in [0.2, 0.25) is 0 Å². The zero-order valence-electron chi connectivity index (χ0n) is 11.6. The Morgan fingerprint density at radius 3 is 2.75 bits per heavy atom. The van der Waals surface area contributed by atoms with E-state index in [1.807, 2.05) is 13.0 Å². The summed E-state index contributed by atoms with van der Waals surface area (Å²) in [4.78, 5) is 18.8. The number of carbonyl (C=O) groups excluding carboxylic acids is 1. The zero-order valence-corrected chi connectivity index (χ0v) is 11.6. The molecule has 2 bridgehead atoms. The number of aliphatic hydroxyl groups excluding tert-OH is 1. The number of fused-ring (bicyclic) bond motifs is 3. The van der Waals surface area contributed by atoms with Crippen molar-refractivity contribution in [1.82, 2.24) is 10.3 Å². The van der Waals surface area contributed by atoms with Gasteiger partial charge >= 0.3 is 0 Å². The van der Waals surface area contributed by atoms with Crippen molar-refractivity contribution in [3.8, 4) is 0 Å². The van der Waals surface area contributed by atoms with E-state index < -0.39 is 0 Å². The number of nitrogens with zero attached hydrogens (tertiary/aromatic N) is 2. The number of amides is 1. The second-order valence-electron chi connectivity index (χ2n) is 6.22. The molecule has 0 spiro atoms. The molecule has 3 aliphatic rings. The van der Waals surface area contributed by atoms with E-state index in [0.717, 1.165) is 48.3 Å². The number of carbonyl (C=O) groups is 1. The van der Waals surface area contributed by atoms with Crippen LogP contribution in [0.5, 0.6) is 0 Å². The number of aromatic nitrogens is 1. The fourth-order valence-electron chi connectivity index (χ4n) is 3.99. The summed E-state index contributed by atoms with van der Waals surface area (Å²) in [5, 5.41) is 12.7. The minimum Gasteiger partial charge on any atom is -0.393 e. The molecule has 2 unspecified atom stereocenters. The van der Waals surface area contributed by atoms with E-state index in [1.54, 1.807) is 0 Å². The Labute approximate surface area is 118 Å². The molecule has 3 aliphatic heterocycles. The molecule has 106 valence electrons. The molecule has 4 heterocycles. The molecule has 5 nitrogen and oxygen atoms in total. The van der Waals surface area contributed by atoms with Gasteiger partial charge in [-0.2, -0.15) is 0 Å². The molecule has 1 amide bonds. The van der Waals surface area contributed by atoms with Crippen LogP contribution in [0.1, 0.15) is 47.3 Å². The van der Waals surface area contributed by atoms with Gasteiger partial charge in [-0.1, -0.05) is 0 Å². The molecule has 5 heteroatoms. The van der Waals surface area contributed by atoms with Crippen molar-refractivity contribution in [3.63, 3.8) is 0 Å². The van der Waals surface area contributed by atoms with Crippen molar-refractivity contribution in [1.29, 1.82) is 0 Å². The monoisotopic (exact) mass is 273 g/mol. The van der Waals surface area contributed by atoms with Gasteiger partial charge in [0.15, 0.2) is 0 Å². The Kier molecular flexibility index (Phi) is 2.54. The molecule has 2 fully saturated rings. The number of aryl methyl sites for hydroxylation is 1. The van der Waals surface area contributed by atoms with E-state index in [4.69, 9.17) is 4.98 Å². The fourth-order valence-corrected chi connectivity index (χ4v) is 3.99. The van der Waals surface area contributed by atoms with Gasteiger partial charge < -0.3 is 15.3 Å². The standard InChI is InChI=1S/C15H19N3O2/c1-8-4-12-13(7-16-15(12)20)17-14(8)18-9-2-3-10(18)6-11(19)5-9/h4,9-11,19H,2-3,5-7H2,1H3,(H,16,20). The van der Waals surface area contributed by atoms with Gasteiger partial charge in [0, 0.05) is 12.1 Å². The van der Waals surface area contributed by atoms with Crippen molar-refractivity contribution in [2.45, 2.75) is 57.3 Å². The van der Waals surface area contributed by atoms with Crippen molar-refractivity contribution in [2.75, 3.05) is 4.90 Å². The predicted molar refractivity (Wildman–Crippen MR) is 74.7 cm³/mol. The second-order valence-corrected chi connectivity index (χ2v) is 6.22. The summed E-state index contributed by atoms with van der Waals surface area (Å²) in [5.41, 5.74) is 2.64. The Bertz CT molecular complexity index is 573. The highest BCUT2D eigenvalue weighted by Crippen LogP contribution is 2.40. The van der Waals surface area contributed by atoms with E-state index in [9.17, 15) is 9.90 Å². The molecule has 4 rings (SSSR count). The van der Waals surface area contributed by atoms with Crippen molar-refractivity contribution >= 4 is 11.7 Å². The molecule has 1 aromatic heterocycles. The normalized spacial score (nSPS) is 31.4. The number of anilines is 1. The van der Waals surface area contributed by atoms with Gasteiger partial charge in [0.1, 0.15) is 5.82 Å². The first-order chi connectivity index (χ1) is 9.63. The van der Waals surface area contributed by atoms with Gasteiger partial charge in [-0.05, 0) is 44.2 Å². The Balaban J connectivity index is 1.75. The lowest BCUT2D eigenvalue weighted by molar-refractivity contribution is 0.0965. The lowest BCUT2D eigenvalue weighted by Gasteiger charge is -2.39. The first kappa shape index (κ1) is 12.1. The van der Waals surface area contributed by atoms with Gasteiger partial charge in [0.05, 0.1) is 23.9 Å². The summed E-state index contributed by atoms with van der Waals surface area (Å²) in [6.07, 6.45) is 3.79. The third kappa shape index (κ3) is 1.66. The smallest absolute Gasteiger partial charge is 0.253 e. The second kappa shape index (κ2) is 4.19. The van der Waals surface area contributed by atoms with Gasteiger partial charge in [-0.15, -0.1) is 0 Å². The summed E-state index contributed by atoms with van der Waals surface area (Å²) < 4.78 is 0. The van der Waals surface area contributed by atoms with Crippen LogP contribution in [0.25, 0.3) is 0 Å². The molecule has 0 radical (unpaired) electrons. The summed E-state index contributed by atoms with van der Waals surface area (Å²) in [6.45, 7) is 2.56. The fraction of sp³-hybridized carbons (Fsp3) is 0.600. The van der Waals surface area contributed by atoms with Crippen LogP contribution in [-0.4, -0.2) is 34.2 Å². The maximum atomic E-state index is 11.7. The van der Waals surface area contributed by atoms with Crippen LogP contribution >= 0.6 is 0 Å². The van der Waals surface area contributed by atoms with Crippen molar-refractivity contribution in [2.24, 2.45) is 0 Å². The summed E-state index contributed by atoms with van der Waals surface area (Å²) >= 11 is 0. The number of pyridine rings is 1. The lowest BCUT2D eigenvalue weighted by Crippen LogP contribution is -2.45. The minimum absolute atomic E-state index is 0.0146. The van der Waals surface area contributed by atoms with Gasteiger partial charge in [-0.3, -0.25) is 4.79 Å². The van der Waals surface area contributed by atoms with Crippen LogP contribution in [-0.2, 0) is 6.54 Å². The topological polar surface area (TPSA) is 65.5 Å². The molecule has 2 N–H and O–H groups in total. The molecule has 2 saturated heterocycles. The maximum absolute atomic E-state index is 11.7. The maximum Gasteiger partial charge on any atom is 0.253 e. The highest BCUT2D eigenvalue weighted by Gasteiger charge is 2.41. The van der Waals surface area contributed by atoms with E-state index in [-0.39, 0.29) is 12.0 Å². The molecule has 1 aromatic rings. The number of piperidine rings is 1. The molecule has 0 aromatic carbocycles. The van der Waals surface area contributed by atoms with Crippen LogP contribution in [0.15, 0.2) is 6.07 Å². The number of hydrogen-bond acceptors (Lipinski definition) is 4. The SMILES string of the molecule is Cc1cc2c(nc1N1C3CCC1CC(O)C3)CNC2=O. The summed E-state index contributed by atoms with van der Waals surface area (Å²) in [7, 11) is 0. The number of rotatable bonds is 1. The van der Waals surface area contributed by atoms with E-state index in [1.165, 1.54) is 0 Å². The van der Waals surface area contributed by atoms with E-state index >= 15 is 0 Å². The van der Waals surface area contributed by atoms with Gasteiger partial charge in [-0.25, -0.2) is 4.98 Å². The average Bonchev–Trinajstić information content (AvgIpc) is 2.88. The van der Waals surface area contributed by atoms with Crippen molar-refractivity contribution < 1.29 is 9.90 Å². The molecular formula is C15H19N3O2. The average molecular weight is 273 g/mol. The van der Waals surface area contributed by atoms with Gasteiger partial charge in [0.25, 0.3) is 5.91 Å². The third-order valence-corrected chi connectivity index (χ3v) is 4.88. The third-order valence-electron chi connectivity index (χ3n) is 4.88. The first-order valence-corrected chi connectivity index (χ1v) is 7.38. The quantitative estimate of drug-likeness (QED) is 0.805. The number of aliphatic hydroxyl groups is 1. The van der Waals surface area contributed by atoms with E-state index in [2.05, 4.69) is 10.2 Å². The Morgan fingerprint density at radius 2 is 2.05 bits per heavy atom. The molecule has 0 saturated carbocycles.